The summed E-state index contributed by atoms with van der Waals surface area (Å²) >= 11 is 0. The van der Waals surface area contributed by atoms with Gasteiger partial charge in [-0.25, -0.2) is 0 Å². The summed E-state index contributed by atoms with van der Waals surface area (Å²) in [4.78, 5) is 41.0. The lowest BCUT2D eigenvalue weighted by Crippen LogP contribution is -2.23. The zero-order chi connectivity index (χ0) is 25.2. The van der Waals surface area contributed by atoms with Gasteiger partial charge >= 0.3 is 0 Å². The van der Waals surface area contributed by atoms with Crippen LogP contribution < -0.4 is 16.2 Å². The van der Waals surface area contributed by atoms with Gasteiger partial charge in [0.15, 0.2) is 5.69 Å². The fraction of sp³-hybridized carbons (Fsp3) is 0.462. The first-order valence-electron chi connectivity index (χ1n) is 12.6. The van der Waals surface area contributed by atoms with E-state index in [9.17, 15) is 14.4 Å². The molecule has 3 aromatic heterocycles. The molecule has 0 atom stereocenters. The molecule has 10 nitrogen and oxygen atoms in total. The molecule has 0 bridgehead atoms. The van der Waals surface area contributed by atoms with Gasteiger partial charge in [0.1, 0.15) is 0 Å². The number of hydrogen-bond donors (Lipinski definition) is 2. The topological polar surface area (TPSA) is 124 Å². The van der Waals surface area contributed by atoms with Crippen molar-refractivity contribution in [1.82, 2.24) is 29.9 Å². The molecule has 10 heteroatoms. The lowest BCUT2D eigenvalue weighted by Gasteiger charge is -2.20. The summed E-state index contributed by atoms with van der Waals surface area (Å²) in [5, 5.41) is 13.6. The predicted octanol–water partition coefficient (Wildman–Crippen LogP) is 3.15. The second-order valence-electron chi connectivity index (χ2n) is 9.32. The molecule has 0 radical (unpaired) electrons. The number of hydrogen-bond acceptors (Lipinski definition) is 6. The Labute approximate surface area is 210 Å². The zero-order valence-corrected chi connectivity index (χ0v) is 20.4. The van der Waals surface area contributed by atoms with Crippen molar-refractivity contribution in [3.05, 3.63) is 70.7 Å². The number of anilines is 1. The Hall–Kier alpha value is -3.82. The lowest BCUT2D eigenvalue weighted by molar-refractivity contribution is -0.117. The molecule has 0 saturated heterocycles. The predicted molar refractivity (Wildman–Crippen MR) is 135 cm³/mol. The van der Waals surface area contributed by atoms with Gasteiger partial charge in [0.05, 0.1) is 6.20 Å². The Morgan fingerprint density at radius 3 is 2.69 bits per heavy atom. The number of pyridine rings is 2. The largest absolute Gasteiger partial charge is 0.346 e. The van der Waals surface area contributed by atoms with Crippen molar-refractivity contribution in [2.24, 2.45) is 5.92 Å². The van der Waals surface area contributed by atoms with Crippen molar-refractivity contribution in [2.75, 3.05) is 5.32 Å². The van der Waals surface area contributed by atoms with Crippen LogP contribution in [0.5, 0.6) is 0 Å². The van der Waals surface area contributed by atoms with Crippen molar-refractivity contribution in [2.45, 2.75) is 71.0 Å². The quantitative estimate of drug-likeness (QED) is 0.397. The van der Waals surface area contributed by atoms with Gasteiger partial charge in [0.2, 0.25) is 5.91 Å². The van der Waals surface area contributed by atoms with E-state index in [4.69, 9.17) is 0 Å². The molecule has 1 aliphatic carbocycles. The maximum Gasteiger partial charge on any atom is 0.273 e. The molecule has 1 aliphatic rings. The Balaban J connectivity index is 1.17. The standard InChI is InChI=1S/C26H33N7O3/c34-24(15-20-7-2-1-3-8-20)29-22-10-14-32(25(35)16-22)12-4-5-13-33-19-23(30-31-33)26(36)28-18-21-9-6-11-27-17-21/h6,9-11,14,16-17,19-20H,1-5,7-8,12-13,15,18H2,(H,28,36)(H,29,34). The van der Waals surface area contributed by atoms with E-state index in [1.165, 1.54) is 25.3 Å². The van der Waals surface area contributed by atoms with Crippen LogP contribution in [0.25, 0.3) is 0 Å². The molecule has 36 heavy (non-hydrogen) atoms. The summed E-state index contributed by atoms with van der Waals surface area (Å²) < 4.78 is 3.27. The molecule has 3 heterocycles. The van der Waals surface area contributed by atoms with Gasteiger partial charge in [-0.05, 0) is 49.3 Å². The normalized spacial score (nSPS) is 13.9. The molecular formula is C26H33N7O3. The molecular weight excluding hydrogens is 458 g/mol. The average molecular weight is 492 g/mol. The SMILES string of the molecule is O=C(CC1CCCCC1)Nc1ccn(CCCCn2cc(C(=O)NCc3cccnc3)nn2)c(=O)c1. The number of rotatable bonds is 11. The van der Waals surface area contributed by atoms with Crippen LogP contribution in [0.1, 0.15) is 67.4 Å². The zero-order valence-electron chi connectivity index (χ0n) is 20.4. The van der Waals surface area contributed by atoms with Gasteiger partial charge in [-0.15, -0.1) is 5.10 Å². The Morgan fingerprint density at radius 2 is 1.92 bits per heavy atom. The van der Waals surface area contributed by atoms with Crippen LogP contribution in [-0.4, -0.2) is 36.4 Å². The minimum absolute atomic E-state index is 0.0167. The van der Waals surface area contributed by atoms with E-state index in [0.29, 0.717) is 37.7 Å². The first-order valence-corrected chi connectivity index (χ1v) is 12.6. The van der Waals surface area contributed by atoms with Gasteiger partial charge in [-0.3, -0.25) is 24.0 Å². The maximum atomic E-state index is 12.5. The number of aromatic nitrogens is 5. The first-order chi connectivity index (χ1) is 17.6. The van der Waals surface area contributed by atoms with Crippen LogP contribution >= 0.6 is 0 Å². The van der Waals surface area contributed by atoms with Crippen molar-refractivity contribution in [3.63, 3.8) is 0 Å². The first kappa shape index (κ1) is 25.3. The molecule has 0 spiro atoms. The second-order valence-corrected chi connectivity index (χ2v) is 9.32. The van der Waals surface area contributed by atoms with Gasteiger partial charge in [-0.2, -0.15) is 0 Å². The number of nitrogens with one attached hydrogen (secondary N) is 2. The van der Waals surface area contributed by atoms with E-state index in [-0.39, 0.29) is 23.1 Å². The minimum Gasteiger partial charge on any atom is -0.346 e. The summed E-state index contributed by atoms with van der Waals surface area (Å²) in [6, 6.07) is 6.95. The Morgan fingerprint density at radius 1 is 1.08 bits per heavy atom. The van der Waals surface area contributed by atoms with Crippen LogP contribution in [0, 0.1) is 5.92 Å². The molecule has 4 rings (SSSR count). The van der Waals surface area contributed by atoms with E-state index in [0.717, 1.165) is 31.2 Å². The molecule has 0 aliphatic heterocycles. The van der Waals surface area contributed by atoms with E-state index in [2.05, 4.69) is 25.9 Å². The molecule has 0 aromatic carbocycles. The summed E-state index contributed by atoms with van der Waals surface area (Å²) in [7, 11) is 0. The van der Waals surface area contributed by atoms with E-state index < -0.39 is 0 Å². The molecule has 1 saturated carbocycles. The smallest absolute Gasteiger partial charge is 0.273 e. The fourth-order valence-electron chi connectivity index (χ4n) is 4.48. The molecule has 2 amide bonds. The number of unbranched alkanes of at least 4 members (excludes halogenated alkanes) is 1. The number of aryl methyl sites for hydroxylation is 2. The number of amides is 2. The van der Waals surface area contributed by atoms with Crippen molar-refractivity contribution < 1.29 is 9.59 Å². The van der Waals surface area contributed by atoms with Crippen molar-refractivity contribution in [1.29, 1.82) is 0 Å². The third-order valence-corrected chi connectivity index (χ3v) is 6.46. The Bertz CT molecular complexity index is 1200. The second kappa shape index (κ2) is 12.8. The average Bonchev–Trinajstić information content (AvgIpc) is 3.36. The summed E-state index contributed by atoms with van der Waals surface area (Å²) in [6.45, 7) is 1.52. The van der Waals surface area contributed by atoms with Crippen LogP contribution in [0.2, 0.25) is 0 Å². The van der Waals surface area contributed by atoms with E-state index in [1.807, 2.05) is 12.1 Å². The van der Waals surface area contributed by atoms with Crippen LogP contribution in [0.15, 0.2) is 53.8 Å². The fourth-order valence-corrected chi connectivity index (χ4v) is 4.48. The van der Waals surface area contributed by atoms with Crippen LogP contribution in [0.3, 0.4) is 0 Å². The van der Waals surface area contributed by atoms with Gasteiger partial charge in [0.25, 0.3) is 11.5 Å². The number of carbonyl (C=O) groups is 2. The minimum atomic E-state index is -0.289. The highest BCUT2D eigenvalue weighted by molar-refractivity contribution is 5.91. The van der Waals surface area contributed by atoms with Gasteiger partial charge in [0, 0.05) is 56.4 Å². The Kier molecular flexibility index (Phi) is 8.96. The van der Waals surface area contributed by atoms with E-state index >= 15 is 0 Å². The highest BCUT2D eigenvalue weighted by atomic mass is 16.2. The lowest BCUT2D eigenvalue weighted by atomic mass is 9.87. The molecule has 2 N–H and O–H groups in total. The number of nitrogens with zero attached hydrogens (tertiary/aromatic N) is 5. The maximum absolute atomic E-state index is 12.5. The molecule has 190 valence electrons. The van der Waals surface area contributed by atoms with E-state index in [1.54, 1.807) is 40.1 Å². The van der Waals surface area contributed by atoms with Crippen molar-refractivity contribution in [3.8, 4) is 0 Å². The summed E-state index contributed by atoms with van der Waals surface area (Å²) in [6.07, 6.45) is 14.7. The summed E-state index contributed by atoms with van der Waals surface area (Å²) in [5.74, 6) is 0.154. The van der Waals surface area contributed by atoms with Crippen LogP contribution in [-0.2, 0) is 24.4 Å². The van der Waals surface area contributed by atoms with Crippen molar-refractivity contribution >= 4 is 17.5 Å². The summed E-state index contributed by atoms with van der Waals surface area (Å²) in [5.41, 5.74) is 1.58. The third-order valence-electron chi connectivity index (χ3n) is 6.46. The molecule has 0 unspecified atom stereocenters. The third kappa shape index (κ3) is 7.59. The van der Waals surface area contributed by atoms with Crippen LogP contribution in [0.4, 0.5) is 5.69 Å². The van der Waals surface area contributed by atoms with Gasteiger partial charge < -0.3 is 15.2 Å². The molecule has 1 fully saturated rings. The van der Waals surface area contributed by atoms with Gasteiger partial charge in [-0.1, -0.05) is 30.5 Å². The highest BCUT2D eigenvalue weighted by Gasteiger charge is 2.17. The molecule has 3 aromatic rings. The highest BCUT2D eigenvalue weighted by Crippen LogP contribution is 2.26. The monoisotopic (exact) mass is 491 g/mol. The number of carbonyl (C=O) groups excluding carboxylic acids is 2.